The third-order valence-corrected chi connectivity index (χ3v) is 5.93. The number of carbonyl (C=O) groups excluding carboxylic acids is 4. The monoisotopic (exact) mass is 436 g/mol. The number of nitrogens with zero attached hydrogens (tertiary/aromatic N) is 1. The van der Waals surface area contributed by atoms with Crippen LogP contribution >= 0.6 is 0 Å². The van der Waals surface area contributed by atoms with Gasteiger partial charge in [0.25, 0.3) is 0 Å². The highest BCUT2D eigenvalue weighted by Crippen LogP contribution is 2.31. The average molecular weight is 436 g/mol. The first-order valence-corrected chi connectivity index (χ1v) is 10.4. The van der Waals surface area contributed by atoms with Crippen LogP contribution in [-0.4, -0.2) is 44.5 Å². The Kier molecular flexibility index (Phi) is 5.94. The number of hydrogen-bond acceptors (Lipinski definition) is 6. The Morgan fingerprint density at radius 3 is 2.25 bits per heavy atom. The summed E-state index contributed by atoms with van der Waals surface area (Å²) in [5, 5.41) is 2.72. The van der Waals surface area contributed by atoms with Crippen molar-refractivity contribution in [2.45, 2.75) is 25.7 Å². The van der Waals surface area contributed by atoms with Gasteiger partial charge in [0.05, 0.1) is 31.3 Å². The predicted molar refractivity (Wildman–Crippen MR) is 117 cm³/mol. The van der Waals surface area contributed by atoms with Crippen LogP contribution in [0.4, 0.5) is 11.4 Å². The summed E-state index contributed by atoms with van der Waals surface area (Å²) in [6, 6.07) is 10.2. The molecule has 1 N–H and O–H groups in total. The summed E-state index contributed by atoms with van der Waals surface area (Å²) >= 11 is 0. The zero-order chi connectivity index (χ0) is 22.8. The van der Waals surface area contributed by atoms with Gasteiger partial charge >= 0.3 is 11.9 Å². The molecule has 1 heterocycles. The lowest BCUT2D eigenvalue weighted by molar-refractivity contribution is -0.122. The predicted octanol–water partition coefficient (Wildman–Crippen LogP) is 2.74. The van der Waals surface area contributed by atoms with Crippen LogP contribution in [0.5, 0.6) is 0 Å². The quantitative estimate of drug-likeness (QED) is 0.723. The van der Waals surface area contributed by atoms with Gasteiger partial charge in [-0.15, -0.1) is 0 Å². The van der Waals surface area contributed by atoms with Gasteiger partial charge in [0.2, 0.25) is 11.8 Å². The number of rotatable bonds is 5. The molecule has 1 fully saturated rings. The molecule has 2 aromatic carbocycles. The fraction of sp³-hybridized carbons (Fsp3) is 0.333. The SMILES string of the molecule is COC(=O)c1cc(NC(=O)C2CC(=O)N(c3ccc4c(c3)CCC4)C2)cc(C(=O)OC)c1. The molecule has 2 amide bonds. The summed E-state index contributed by atoms with van der Waals surface area (Å²) in [6.07, 6.45) is 3.28. The van der Waals surface area contributed by atoms with Gasteiger partial charge in [-0.05, 0) is 60.7 Å². The van der Waals surface area contributed by atoms with Crippen molar-refractivity contribution in [1.82, 2.24) is 0 Å². The van der Waals surface area contributed by atoms with Crippen molar-refractivity contribution in [2.75, 3.05) is 31.0 Å². The van der Waals surface area contributed by atoms with E-state index in [0.29, 0.717) is 0 Å². The summed E-state index contributed by atoms with van der Waals surface area (Å²) in [5.41, 5.74) is 3.86. The molecule has 166 valence electrons. The number of methoxy groups -OCH3 is 2. The molecule has 0 spiro atoms. The zero-order valence-electron chi connectivity index (χ0n) is 18.0. The largest absolute Gasteiger partial charge is 0.465 e. The Bertz CT molecular complexity index is 1080. The van der Waals surface area contributed by atoms with E-state index in [2.05, 4.69) is 11.4 Å². The average Bonchev–Trinajstić information content (AvgIpc) is 3.43. The molecule has 0 saturated carbocycles. The molecule has 1 aliphatic heterocycles. The van der Waals surface area contributed by atoms with E-state index in [-0.39, 0.29) is 41.6 Å². The van der Waals surface area contributed by atoms with Crippen LogP contribution in [0.3, 0.4) is 0 Å². The van der Waals surface area contributed by atoms with Gasteiger partial charge in [-0.25, -0.2) is 9.59 Å². The first-order chi connectivity index (χ1) is 15.4. The van der Waals surface area contributed by atoms with Crippen molar-refractivity contribution in [3.8, 4) is 0 Å². The molecule has 1 unspecified atom stereocenters. The Balaban J connectivity index is 1.51. The maximum absolute atomic E-state index is 12.9. The highest BCUT2D eigenvalue weighted by atomic mass is 16.5. The lowest BCUT2D eigenvalue weighted by Gasteiger charge is -2.18. The molecule has 8 heteroatoms. The Morgan fingerprint density at radius 2 is 1.59 bits per heavy atom. The summed E-state index contributed by atoms with van der Waals surface area (Å²) in [6.45, 7) is 0.268. The van der Waals surface area contributed by atoms with Crippen molar-refractivity contribution in [2.24, 2.45) is 5.92 Å². The van der Waals surface area contributed by atoms with Crippen LogP contribution in [0, 0.1) is 5.92 Å². The number of benzene rings is 2. The summed E-state index contributed by atoms with van der Waals surface area (Å²) < 4.78 is 9.44. The fourth-order valence-electron chi connectivity index (χ4n) is 4.27. The minimum atomic E-state index is -0.648. The third-order valence-electron chi connectivity index (χ3n) is 5.93. The van der Waals surface area contributed by atoms with Crippen molar-refractivity contribution in [3.63, 3.8) is 0 Å². The van der Waals surface area contributed by atoms with E-state index in [4.69, 9.17) is 9.47 Å². The van der Waals surface area contributed by atoms with Gasteiger partial charge in [0, 0.05) is 24.3 Å². The second kappa shape index (κ2) is 8.82. The maximum Gasteiger partial charge on any atom is 0.337 e. The second-order valence-corrected chi connectivity index (χ2v) is 7.98. The zero-order valence-corrected chi connectivity index (χ0v) is 18.0. The van der Waals surface area contributed by atoms with Gasteiger partial charge in [-0.3, -0.25) is 9.59 Å². The van der Waals surface area contributed by atoms with Crippen molar-refractivity contribution in [3.05, 3.63) is 58.7 Å². The molecule has 0 aromatic heterocycles. The van der Waals surface area contributed by atoms with E-state index in [1.807, 2.05) is 12.1 Å². The van der Waals surface area contributed by atoms with E-state index in [1.165, 1.54) is 43.5 Å². The third kappa shape index (κ3) is 4.21. The van der Waals surface area contributed by atoms with E-state index < -0.39 is 17.9 Å². The molecule has 2 aliphatic rings. The van der Waals surface area contributed by atoms with Gasteiger partial charge < -0.3 is 19.7 Å². The van der Waals surface area contributed by atoms with Gasteiger partial charge in [-0.1, -0.05) is 6.07 Å². The van der Waals surface area contributed by atoms with E-state index in [9.17, 15) is 19.2 Å². The van der Waals surface area contributed by atoms with Crippen LogP contribution in [-0.2, 0) is 31.9 Å². The normalized spacial score (nSPS) is 17.1. The number of anilines is 2. The molecule has 1 saturated heterocycles. The molecule has 1 atom stereocenters. The molecule has 8 nitrogen and oxygen atoms in total. The van der Waals surface area contributed by atoms with Crippen molar-refractivity contribution in [1.29, 1.82) is 0 Å². The molecule has 4 rings (SSSR count). The van der Waals surface area contributed by atoms with Crippen molar-refractivity contribution < 1.29 is 28.7 Å². The van der Waals surface area contributed by atoms with Gasteiger partial charge in [0.15, 0.2) is 0 Å². The number of esters is 2. The molecule has 0 bridgehead atoms. The molecular formula is C24H24N2O6. The van der Waals surface area contributed by atoms with E-state index >= 15 is 0 Å². The molecule has 2 aromatic rings. The molecule has 1 aliphatic carbocycles. The van der Waals surface area contributed by atoms with Crippen LogP contribution < -0.4 is 10.2 Å². The smallest absolute Gasteiger partial charge is 0.337 e. The van der Waals surface area contributed by atoms with Crippen LogP contribution in [0.25, 0.3) is 0 Å². The van der Waals surface area contributed by atoms with Gasteiger partial charge in [-0.2, -0.15) is 0 Å². The van der Waals surface area contributed by atoms with Gasteiger partial charge in [0.1, 0.15) is 0 Å². The number of ether oxygens (including phenoxy) is 2. The minimum absolute atomic E-state index is 0.0868. The first kappa shape index (κ1) is 21.5. The number of nitrogens with one attached hydrogen (secondary N) is 1. The lowest BCUT2D eigenvalue weighted by atomic mass is 10.1. The summed E-state index contributed by atoms with van der Waals surface area (Å²) in [5.74, 6) is -2.32. The minimum Gasteiger partial charge on any atom is -0.465 e. The summed E-state index contributed by atoms with van der Waals surface area (Å²) in [7, 11) is 2.45. The highest BCUT2D eigenvalue weighted by molar-refractivity contribution is 6.05. The molecule has 0 radical (unpaired) electrons. The second-order valence-electron chi connectivity index (χ2n) is 7.98. The maximum atomic E-state index is 12.9. The number of hydrogen-bond donors (Lipinski definition) is 1. The Labute approximate surface area is 185 Å². The number of aryl methyl sites for hydroxylation is 2. The Hall–Kier alpha value is -3.68. The van der Waals surface area contributed by atoms with Crippen LogP contribution in [0.15, 0.2) is 36.4 Å². The number of fused-ring (bicyclic) bond motifs is 1. The summed E-state index contributed by atoms with van der Waals surface area (Å²) in [4.78, 5) is 51.1. The topological polar surface area (TPSA) is 102 Å². The van der Waals surface area contributed by atoms with E-state index in [1.54, 1.807) is 4.90 Å². The standard InChI is InChI=1S/C24H24N2O6/c1-31-23(29)16-8-17(24(30)32-2)10-19(9-16)25-22(28)18-12-21(27)26(13-18)20-7-6-14-4-3-5-15(14)11-20/h6-11,18H,3-5,12-13H2,1-2H3,(H,25,28). The lowest BCUT2D eigenvalue weighted by Crippen LogP contribution is -2.28. The number of amides is 2. The number of carbonyl (C=O) groups is 4. The Morgan fingerprint density at radius 1 is 0.938 bits per heavy atom. The highest BCUT2D eigenvalue weighted by Gasteiger charge is 2.35. The van der Waals surface area contributed by atoms with Crippen molar-refractivity contribution >= 4 is 35.1 Å². The van der Waals surface area contributed by atoms with Crippen LogP contribution in [0.1, 0.15) is 44.7 Å². The molecule has 32 heavy (non-hydrogen) atoms. The van der Waals surface area contributed by atoms with E-state index in [0.717, 1.165) is 24.9 Å². The molecular weight excluding hydrogens is 412 g/mol. The fourth-order valence-corrected chi connectivity index (χ4v) is 4.27. The van der Waals surface area contributed by atoms with Crippen LogP contribution in [0.2, 0.25) is 0 Å². The first-order valence-electron chi connectivity index (χ1n) is 10.4.